The number of nitrogens with zero attached hydrogens (tertiary/aromatic N) is 1. The number of hydrogen-bond donors (Lipinski definition) is 0. The zero-order chi connectivity index (χ0) is 26.0. The van der Waals surface area contributed by atoms with E-state index < -0.39 is 24.1 Å². The summed E-state index contributed by atoms with van der Waals surface area (Å²) in [7, 11) is 0. The van der Waals surface area contributed by atoms with Gasteiger partial charge in [-0.2, -0.15) is 0 Å². The van der Waals surface area contributed by atoms with Crippen LogP contribution in [0.2, 0.25) is 0 Å². The zero-order valence-corrected chi connectivity index (χ0v) is 20.1. The maximum absolute atomic E-state index is 13.0. The molecule has 0 radical (unpaired) electrons. The molecular weight excluding hydrogens is 466 g/mol. The third-order valence-electron chi connectivity index (χ3n) is 5.74. The van der Waals surface area contributed by atoms with Crippen LogP contribution in [0, 0.1) is 0 Å². The molecule has 0 aliphatic rings. The van der Waals surface area contributed by atoms with Gasteiger partial charge in [-0.05, 0) is 23.3 Å². The van der Waals surface area contributed by atoms with E-state index in [1.165, 1.54) is 24.3 Å². The number of carbonyl (C=O) groups is 4. The second-order valence-corrected chi connectivity index (χ2v) is 8.40. The molecule has 0 saturated heterocycles. The molecule has 6 nitrogen and oxygen atoms in total. The summed E-state index contributed by atoms with van der Waals surface area (Å²) in [4.78, 5) is 52.1. The summed E-state index contributed by atoms with van der Waals surface area (Å²) in [6.45, 7) is 0.322. The quantitative estimate of drug-likeness (QED) is 0.174. The molecule has 0 aliphatic carbocycles. The van der Waals surface area contributed by atoms with Crippen molar-refractivity contribution in [3.8, 4) is 0 Å². The lowest BCUT2D eigenvalue weighted by Gasteiger charge is -2.23. The fraction of sp³-hybridized carbons (Fsp3) is 0.0968. The van der Waals surface area contributed by atoms with Gasteiger partial charge in [-0.1, -0.05) is 103 Å². The molecule has 4 aromatic carbocycles. The number of ketones is 2. The first kappa shape index (κ1) is 25.3. The van der Waals surface area contributed by atoms with Gasteiger partial charge in [0.05, 0.1) is 5.56 Å². The maximum atomic E-state index is 13.0. The molecule has 6 heteroatoms. The minimum absolute atomic E-state index is 0.165. The van der Waals surface area contributed by atoms with Crippen LogP contribution in [-0.4, -0.2) is 34.9 Å². The minimum Gasteiger partial charge on any atom is -0.452 e. The predicted molar refractivity (Wildman–Crippen MR) is 139 cm³/mol. The molecule has 4 aromatic rings. The number of hydrogen-bond acceptors (Lipinski definition) is 5. The highest BCUT2D eigenvalue weighted by molar-refractivity contribution is 6.49. The summed E-state index contributed by atoms with van der Waals surface area (Å²) >= 11 is 0. The average Bonchev–Trinajstić information content (AvgIpc) is 2.96. The number of amides is 1. The van der Waals surface area contributed by atoms with Gasteiger partial charge in [-0.15, -0.1) is 0 Å². The van der Waals surface area contributed by atoms with Gasteiger partial charge in [0.2, 0.25) is 11.6 Å². The van der Waals surface area contributed by atoms with Crippen molar-refractivity contribution >= 4 is 23.4 Å². The zero-order valence-electron chi connectivity index (χ0n) is 20.1. The second kappa shape index (κ2) is 12.2. The molecule has 184 valence electrons. The summed E-state index contributed by atoms with van der Waals surface area (Å²) < 4.78 is 5.28. The highest BCUT2D eigenvalue weighted by Crippen LogP contribution is 2.13. The highest BCUT2D eigenvalue weighted by atomic mass is 16.5. The van der Waals surface area contributed by atoms with E-state index in [0.717, 1.165) is 11.1 Å². The summed E-state index contributed by atoms with van der Waals surface area (Å²) in [5.74, 6) is -2.32. The van der Waals surface area contributed by atoms with Crippen molar-refractivity contribution in [3.05, 3.63) is 143 Å². The van der Waals surface area contributed by atoms with Gasteiger partial charge in [-0.25, -0.2) is 4.79 Å². The van der Waals surface area contributed by atoms with E-state index in [9.17, 15) is 19.2 Å². The number of rotatable bonds is 10. The summed E-state index contributed by atoms with van der Waals surface area (Å²) in [5.41, 5.74) is 2.56. The Morgan fingerprint density at radius 1 is 0.514 bits per heavy atom. The minimum atomic E-state index is -0.693. The van der Waals surface area contributed by atoms with Crippen LogP contribution >= 0.6 is 0 Å². The monoisotopic (exact) mass is 491 g/mol. The maximum Gasteiger partial charge on any atom is 0.338 e. The van der Waals surface area contributed by atoms with Crippen LogP contribution in [0.15, 0.2) is 115 Å². The lowest BCUT2D eigenvalue weighted by molar-refractivity contribution is -0.135. The molecule has 0 aromatic heterocycles. The molecule has 4 rings (SSSR count). The van der Waals surface area contributed by atoms with Crippen LogP contribution < -0.4 is 0 Å². The highest BCUT2D eigenvalue weighted by Gasteiger charge is 2.20. The first-order chi connectivity index (χ1) is 18.0. The van der Waals surface area contributed by atoms with Gasteiger partial charge in [0.1, 0.15) is 0 Å². The number of Topliss-reactive ketones (excluding diaryl/α,β-unsaturated/α-hetero) is 2. The van der Waals surface area contributed by atoms with Crippen molar-refractivity contribution in [2.75, 3.05) is 6.61 Å². The van der Waals surface area contributed by atoms with Crippen molar-refractivity contribution in [1.29, 1.82) is 0 Å². The van der Waals surface area contributed by atoms with E-state index in [-0.39, 0.29) is 17.0 Å². The molecular formula is C31H25NO5. The van der Waals surface area contributed by atoms with Crippen LogP contribution in [-0.2, 0) is 22.6 Å². The van der Waals surface area contributed by atoms with Gasteiger partial charge in [0.25, 0.3) is 5.91 Å². The van der Waals surface area contributed by atoms with Crippen molar-refractivity contribution in [2.45, 2.75) is 13.1 Å². The van der Waals surface area contributed by atoms with E-state index in [2.05, 4.69) is 0 Å². The Kier molecular flexibility index (Phi) is 8.34. The molecule has 37 heavy (non-hydrogen) atoms. The van der Waals surface area contributed by atoms with Crippen LogP contribution in [0.4, 0.5) is 0 Å². The molecule has 0 unspecified atom stereocenters. The third kappa shape index (κ3) is 6.86. The molecule has 0 heterocycles. The van der Waals surface area contributed by atoms with Crippen molar-refractivity contribution in [1.82, 2.24) is 4.90 Å². The number of carbonyl (C=O) groups excluding carboxylic acids is 4. The lowest BCUT2D eigenvalue weighted by atomic mass is 10.0. The number of benzene rings is 4. The molecule has 0 saturated carbocycles. The fourth-order valence-corrected chi connectivity index (χ4v) is 3.75. The Morgan fingerprint density at radius 2 is 0.919 bits per heavy atom. The standard InChI is InChI=1S/C31H25NO5/c33-28(32(20-23-10-4-1-5-11-23)21-24-12-6-2-7-13-24)22-37-31(36)27-18-16-26(17-19-27)30(35)29(34)25-14-8-3-9-15-25/h1-19H,20-22H2. The summed E-state index contributed by atoms with van der Waals surface area (Å²) in [6.07, 6.45) is 0. The average molecular weight is 492 g/mol. The first-order valence-corrected chi connectivity index (χ1v) is 11.8. The van der Waals surface area contributed by atoms with Gasteiger partial charge in [0, 0.05) is 24.2 Å². The Balaban J connectivity index is 1.38. The van der Waals surface area contributed by atoms with E-state index >= 15 is 0 Å². The topological polar surface area (TPSA) is 80.8 Å². The predicted octanol–water partition coefficient (Wildman–Crippen LogP) is 5.14. The van der Waals surface area contributed by atoms with Crippen LogP contribution in [0.3, 0.4) is 0 Å². The summed E-state index contributed by atoms with van der Waals surface area (Å²) in [5, 5.41) is 0. The smallest absolute Gasteiger partial charge is 0.338 e. The van der Waals surface area contributed by atoms with Crippen molar-refractivity contribution in [2.24, 2.45) is 0 Å². The first-order valence-electron chi connectivity index (χ1n) is 11.8. The summed E-state index contributed by atoms with van der Waals surface area (Å²) in [6, 6.07) is 33.1. The third-order valence-corrected chi connectivity index (χ3v) is 5.74. The number of esters is 1. The van der Waals surface area contributed by atoms with Gasteiger partial charge in [-0.3, -0.25) is 14.4 Å². The largest absolute Gasteiger partial charge is 0.452 e. The van der Waals surface area contributed by atoms with Gasteiger partial charge < -0.3 is 9.64 Å². The molecule has 0 bridgehead atoms. The molecule has 0 N–H and O–H groups in total. The van der Waals surface area contributed by atoms with Crippen molar-refractivity contribution < 1.29 is 23.9 Å². The van der Waals surface area contributed by atoms with Crippen LogP contribution in [0.1, 0.15) is 42.2 Å². The number of ether oxygens (including phenoxy) is 1. The molecule has 0 fully saturated rings. The Hall–Kier alpha value is -4.84. The van der Waals surface area contributed by atoms with Crippen LogP contribution in [0.25, 0.3) is 0 Å². The van der Waals surface area contributed by atoms with E-state index in [4.69, 9.17) is 4.74 Å². The van der Waals surface area contributed by atoms with Crippen LogP contribution in [0.5, 0.6) is 0 Å². The van der Waals surface area contributed by atoms with Gasteiger partial charge >= 0.3 is 5.97 Å². The Morgan fingerprint density at radius 3 is 1.41 bits per heavy atom. The molecule has 0 spiro atoms. The molecule has 0 aliphatic heterocycles. The molecule has 1 amide bonds. The van der Waals surface area contributed by atoms with E-state index in [1.807, 2.05) is 60.7 Å². The van der Waals surface area contributed by atoms with E-state index in [0.29, 0.717) is 18.7 Å². The Bertz CT molecular complexity index is 1330. The van der Waals surface area contributed by atoms with E-state index in [1.54, 1.807) is 35.2 Å². The molecule has 0 atom stereocenters. The second-order valence-electron chi connectivity index (χ2n) is 8.40. The van der Waals surface area contributed by atoms with Gasteiger partial charge in [0.15, 0.2) is 6.61 Å². The lowest BCUT2D eigenvalue weighted by Crippen LogP contribution is -2.34. The normalized spacial score (nSPS) is 10.4. The fourth-order valence-electron chi connectivity index (χ4n) is 3.75. The van der Waals surface area contributed by atoms with Crippen molar-refractivity contribution in [3.63, 3.8) is 0 Å². The SMILES string of the molecule is O=C(OCC(=O)N(Cc1ccccc1)Cc1ccccc1)c1ccc(C(=O)C(=O)c2ccccc2)cc1. The Labute approximate surface area is 215 Å².